The highest BCUT2D eigenvalue weighted by molar-refractivity contribution is 9.10. The third-order valence-corrected chi connectivity index (χ3v) is 2.88. The molecule has 1 heterocycles. The van der Waals surface area contributed by atoms with Gasteiger partial charge < -0.3 is 4.74 Å². The number of carbonyl (C=O) groups is 1. The third-order valence-electron chi connectivity index (χ3n) is 2.35. The molecule has 1 aromatic rings. The minimum atomic E-state index is -0.162. The van der Waals surface area contributed by atoms with Crippen LogP contribution in [-0.4, -0.2) is 18.6 Å². The van der Waals surface area contributed by atoms with Crippen LogP contribution in [0.25, 0.3) is 0 Å². The van der Waals surface area contributed by atoms with Gasteiger partial charge in [-0.05, 0) is 24.6 Å². The molecule has 0 radical (unpaired) electrons. The summed E-state index contributed by atoms with van der Waals surface area (Å²) < 4.78 is 5.97. The third kappa shape index (κ3) is 2.38. The Morgan fingerprint density at radius 2 is 2.13 bits per heavy atom. The summed E-state index contributed by atoms with van der Waals surface area (Å²) in [6.07, 6.45) is 0. The summed E-state index contributed by atoms with van der Waals surface area (Å²) in [6.45, 7) is 2.25. The molecule has 0 aliphatic carbocycles. The molecular weight excluding hydrogens is 258 g/mol. The van der Waals surface area contributed by atoms with Gasteiger partial charge in [0.2, 0.25) is 0 Å². The molecule has 0 bridgehead atoms. The largest absolute Gasteiger partial charge is 0.465 e. The van der Waals surface area contributed by atoms with Gasteiger partial charge in [0.05, 0.1) is 12.6 Å². The molecule has 0 saturated carbocycles. The van der Waals surface area contributed by atoms with Gasteiger partial charge >= 0.3 is 5.97 Å². The van der Waals surface area contributed by atoms with Crippen LogP contribution in [0.1, 0.15) is 18.5 Å². The van der Waals surface area contributed by atoms with Crippen LogP contribution in [0.15, 0.2) is 28.7 Å². The Balaban J connectivity index is 1.98. The van der Waals surface area contributed by atoms with Crippen molar-refractivity contribution in [3.8, 4) is 0 Å². The molecule has 0 unspecified atom stereocenters. The molecular formula is C11H12BrNO2. The fourth-order valence-corrected chi connectivity index (χ4v) is 1.80. The van der Waals surface area contributed by atoms with Crippen molar-refractivity contribution in [2.45, 2.75) is 19.0 Å². The number of carbonyl (C=O) groups excluding carboxylic acids is 1. The van der Waals surface area contributed by atoms with E-state index in [1.807, 2.05) is 31.2 Å². The van der Waals surface area contributed by atoms with E-state index in [0.29, 0.717) is 6.61 Å². The lowest BCUT2D eigenvalue weighted by Gasteiger charge is -1.99. The average molecular weight is 270 g/mol. The van der Waals surface area contributed by atoms with Crippen LogP contribution in [0, 0.1) is 0 Å². The first-order valence-electron chi connectivity index (χ1n) is 4.90. The second kappa shape index (κ2) is 4.33. The zero-order valence-electron chi connectivity index (χ0n) is 8.37. The summed E-state index contributed by atoms with van der Waals surface area (Å²) in [5.41, 5.74) is 1.12. The summed E-state index contributed by atoms with van der Waals surface area (Å²) in [5, 5.41) is 3.10. The number of esters is 1. The van der Waals surface area contributed by atoms with Gasteiger partial charge in [-0.15, -0.1) is 0 Å². The van der Waals surface area contributed by atoms with Crippen LogP contribution >= 0.6 is 15.9 Å². The number of hydrogen-bond donors (Lipinski definition) is 1. The van der Waals surface area contributed by atoms with Crippen molar-refractivity contribution in [1.82, 2.24) is 5.32 Å². The van der Waals surface area contributed by atoms with Crippen molar-refractivity contribution in [1.29, 1.82) is 0 Å². The molecule has 80 valence electrons. The molecule has 2 atom stereocenters. The maximum absolute atomic E-state index is 11.4. The van der Waals surface area contributed by atoms with E-state index >= 15 is 0 Å². The van der Waals surface area contributed by atoms with Gasteiger partial charge in [0.15, 0.2) is 0 Å². The number of halogens is 1. The standard InChI is InChI=1S/C11H12BrNO2/c1-2-15-11(14)10-9(13-10)7-3-5-8(12)6-4-7/h3-6,9-10,13H,2H2,1H3/t9-,10+/m0/s1. The SMILES string of the molecule is CCOC(=O)[C@@H]1N[C@H]1c1ccc(Br)cc1. The van der Waals surface area contributed by atoms with Crippen molar-refractivity contribution in [3.05, 3.63) is 34.3 Å². The second-order valence-electron chi connectivity index (χ2n) is 3.43. The molecule has 1 N–H and O–H groups in total. The summed E-state index contributed by atoms with van der Waals surface area (Å²) in [5.74, 6) is -0.162. The molecule has 0 amide bonds. The predicted molar refractivity (Wildman–Crippen MR) is 60.4 cm³/mol. The molecule has 0 aromatic heterocycles. The molecule has 1 saturated heterocycles. The second-order valence-corrected chi connectivity index (χ2v) is 4.34. The predicted octanol–water partition coefficient (Wildman–Crippen LogP) is 2.03. The summed E-state index contributed by atoms with van der Waals surface area (Å²) in [6, 6.07) is 7.90. The minimum absolute atomic E-state index is 0.122. The van der Waals surface area contributed by atoms with Gasteiger partial charge in [0.25, 0.3) is 0 Å². The Bertz CT molecular complexity index is 363. The lowest BCUT2D eigenvalue weighted by atomic mass is 10.1. The fraction of sp³-hybridized carbons (Fsp3) is 0.364. The van der Waals surface area contributed by atoms with Gasteiger partial charge in [0, 0.05) is 4.47 Å². The number of rotatable bonds is 3. The highest BCUT2D eigenvalue weighted by atomic mass is 79.9. The maximum Gasteiger partial charge on any atom is 0.325 e. The van der Waals surface area contributed by atoms with Crippen LogP contribution in [0.5, 0.6) is 0 Å². The zero-order valence-corrected chi connectivity index (χ0v) is 9.95. The molecule has 0 spiro atoms. The first-order valence-corrected chi connectivity index (χ1v) is 5.70. The van der Waals surface area contributed by atoms with Crippen LogP contribution < -0.4 is 5.32 Å². The molecule has 15 heavy (non-hydrogen) atoms. The molecule has 4 heteroatoms. The first-order chi connectivity index (χ1) is 7.22. The van der Waals surface area contributed by atoms with Crippen LogP contribution in [0.2, 0.25) is 0 Å². The first kappa shape index (κ1) is 10.6. The number of benzene rings is 1. The van der Waals surface area contributed by atoms with E-state index in [2.05, 4.69) is 21.2 Å². The van der Waals surface area contributed by atoms with Crippen molar-refractivity contribution >= 4 is 21.9 Å². The molecule has 2 rings (SSSR count). The molecule has 1 aliphatic rings. The van der Waals surface area contributed by atoms with Gasteiger partial charge in [-0.2, -0.15) is 0 Å². The lowest BCUT2D eigenvalue weighted by Crippen LogP contribution is -2.13. The topological polar surface area (TPSA) is 48.2 Å². The maximum atomic E-state index is 11.4. The van der Waals surface area contributed by atoms with Crippen molar-refractivity contribution in [2.24, 2.45) is 0 Å². The number of hydrogen-bond acceptors (Lipinski definition) is 3. The Hall–Kier alpha value is -0.870. The van der Waals surface area contributed by atoms with E-state index in [1.165, 1.54) is 0 Å². The van der Waals surface area contributed by atoms with Crippen LogP contribution in [0.3, 0.4) is 0 Å². The van der Waals surface area contributed by atoms with E-state index in [-0.39, 0.29) is 18.1 Å². The number of ether oxygens (including phenoxy) is 1. The normalized spacial score (nSPS) is 23.6. The monoisotopic (exact) mass is 269 g/mol. The van der Waals surface area contributed by atoms with Crippen LogP contribution in [-0.2, 0) is 9.53 Å². The zero-order chi connectivity index (χ0) is 10.8. The molecule has 1 fully saturated rings. The fourth-order valence-electron chi connectivity index (χ4n) is 1.53. The van der Waals surface area contributed by atoms with E-state index < -0.39 is 0 Å². The minimum Gasteiger partial charge on any atom is -0.465 e. The molecule has 1 aliphatic heterocycles. The summed E-state index contributed by atoms with van der Waals surface area (Å²) in [7, 11) is 0. The summed E-state index contributed by atoms with van der Waals surface area (Å²) in [4.78, 5) is 11.4. The summed E-state index contributed by atoms with van der Waals surface area (Å²) >= 11 is 3.37. The number of nitrogens with one attached hydrogen (secondary N) is 1. The Labute approximate surface area is 96.9 Å². The van der Waals surface area contributed by atoms with Gasteiger partial charge in [-0.1, -0.05) is 28.1 Å². The Morgan fingerprint density at radius 1 is 1.47 bits per heavy atom. The molecule has 1 aromatic carbocycles. The van der Waals surface area contributed by atoms with E-state index in [1.54, 1.807) is 0 Å². The lowest BCUT2D eigenvalue weighted by molar-refractivity contribution is -0.142. The van der Waals surface area contributed by atoms with Crippen molar-refractivity contribution in [3.63, 3.8) is 0 Å². The smallest absolute Gasteiger partial charge is 0.325 e. The van der Waals surface area contributed by atoms with E-state index in [4.69, 9.17) is 4.74 Å². The van der Waals surface area contributed by atoms with E-state index in [9.17, 15) is 4.79 Å². The van der Waals surface area contributed by atoms with Gasteiger partial charge in [0.1, 0.15) is 6.04 Å². The average Bonchev–Trinajstić information content (AvgIpc) is 2.99. The van der Waals surface area contributed by atoms with Crippen molar-refractivity contribution in [2.75, 3.05) is 6.61 Å². The van der Waals surface area contributed by atoms with Gasteiger partial charge in [-0.25, -0.2) is 0 Å². The van der Waals surface area contributed by atoms with Crippen LogP contribution in [0.4, 0.5) is 0 Å². The Morgan fingerprint density at radius 3 is 2.73 bits per heavy atom. The van der Waals surface area contributed by atoms with E-state index in [0.717, 1.165) is 10.0 Å². The molecule has 3 nitrogen and oxygen atoms in total. The Kier molecular flexibility index (Phi) is 3.07. The van der Waals surface area contributed by atoms with Gasteiger partial charge in [-0.3, -0.25) is 10.1 Å². The highest BCUT2D eigenvalue weighted by Gasteiger charge is 2.44. The van der Waals surface area contributed by atoms with Crippen molar-refractivity contribution < 1.29 is 9.53 Å². The quantitative estimate of drug-likeness (QED) is 0.675. The highest BCUT2D eigenvalue weighted by Crippen LogP contribution is 2.31.